The lowest BCUT2D eigenvalue weighted by molar-refractivity contribution is 0.367. The zero-order valence-electron chi connectivity index (χ0n) is 79.4. The fourth-order valence-electron chi connectivity index (χ4n) is 24.0. The first-order valence-corrected chi connectivity index (χ1v) is 50.5. The van der Waals surface area contributed by atoms with Crippen LogP contribution in [0.3, 0.4) is 0 Å². The van der Waals surface area contributed by atoms with E-state index in [0.29, 0.717) is 6.04 Å². The van der Waals surface area contributed by atoms with Gasteiger partial charge in [-0.15, -0.1) is 0 Å². The molecule has 6 nitrogen and oxygen atoms in total. The molecule has 1 fully saturated rings. The van der Waals surface area contributed by atoms with E-state index in [0.717, 1.165) is 5.69 Å². The predicted molar refractivity (Wildman–Crippen MR) is 611 cm³/mol. The molecule has 0 bridgehead atoms. The minimum Gasteiger partial charge on any atom is -0.337 e. The molecule has 6 heterocycles. The Bertz CT molecular complexity index is 10000. The fraction of sp³-hybridized carbons (Fsp3) is 0.0435. The third kappa shape index (κ3) is 14.1. The van der Waals surface area contributed by atoms with Crippen LogP contribution in [-0.2, 0) is 0 Å². The Morgan fingerprint density at radius 1 is 0.118 bits per heavy atom. The summed E-state index contributed by atoms with van der Waals surface area (Å²) in [5.41, 5.74) is 35.5. The number of aromatic nitrogens is 6. The average Bonchev–Trinajstić information content (AvgIpc) is 1.28. The molecular weight excluding hydrogens is 1740 g/mol. The third-order valence-electron chi connectivity index (χ3n) is 30.7. The molecule has 1 aliphatic carbocycles. The van der Waals surface area contributed by atoms with Crippen LogP contribution in [0.25, 0.3) is 258 Å². The van der Waals surface area contributed by atoms with Crippen LogP contribution >= 0.6 is 0 Å². The monoisotopic (exact) mass is 1840 g/mol. The van der Waals surface area contributed by atoms with E-state index in [-0.39, 0.29) is 0 Å². The largest absolute Gasteiger partial charge is 0.337 e. The van der Waals surface area contributed by atoms with Gasteiger partial charge in [-0.05, 0) is 288 Å². The molecule has 0 atom stereocenters. The van der Waals surface area contributed by atoms with Gasteiger partial charge in [-0.3, -0.25) is 0 Å². The van der Waals surface area contributed by atoms with Crippen LogP contribution in [0.1, 0.15) is 38.1 Å². The van der Waals surface area contributed by atoms with Crippen molar-refractivity contribution in [2.75, 3.05) is 0 Å². The lowest BCUT2D eigenvalue weighted by atomic mass is 9.94. The number of para-hydroxylation sites is 8. The van der Waals surface area contributed by atoms with Crippen molar-refractivity contribution in [3.63, 3.8) is 0 Å². The Hall–Kier alpha value is -18.4. The highest BCUT2D eigenvalue weighted by molar-refractivity contribution is 6.26. The molecule has 144 heavy (non-hydrogen) atoms. The van der Waals surface area contributed by atoms with Gasteiger partial charge < -0.3 is 27.4 Å². The summed E-state index contributed by atoms with van der Waals surface area (Å²) in [6.45, 7) is 0. The summed E-state index contributed by atoms with van der Waals surface area (Å²) >= 11 is 0. The second-order valence-electron chi connectivity index (χ2n) is 38.7. The zero-order valence-corrected chi connectivity index (χ0v) is 79.4. The summed E-state index contributed by atoms with van der Waals surface area (Å²) in [6.07, 6.45) is 6.61. The van der Waals surface area contributed by atoms with Gasteiger partial charge in [0.05, 0.1) is 55.2 Å². The minimum absolute atomic E-state index is 0.598. The maximum Gasteiger partial charge on any atom is 0.0541 e. The summed E-state index contributed by atoms with van der Waals surface area (Å²) in [4.78, 5) is 0. The van der Waals surface area contributed by atoms with Gasteiger partial charge in [-0.1, -0.05) is 359 Å². The molecule has 6 heteroatoms. The van der Waals surface area contributed by atoms with E-state index in [4.69, 9.17) is 0 Å². The van der Waals surface area contributed by atoms with Gasteiger partial charge in [0, 0.05) is 110 Å². The Labute approximate surface area is 833 Å². The van der Waals surface area contributed by atoms with Crippen LogP contribution < -0.4 is 0 Å². The van der Waals surface area contributed by atoms with Crippen molar-refractivity contribution in [2.45, 2.75) is 38.1 Å². The van der Waals surface area contributed by atoms with Crippen LogP contribution in [0.4, 0.5) is 0 Å². The maximum atomic E-state index is 2.65. The first-order chi connectivity index (χ1) is 71.4. The first-order valence-electron chi connectivity index (χ1n) is 50.5. The van der Waals surface area contributed by atoms with Crippen molar-refractivity contribution in [1.82, 2.24) is 27.4 Å². The van der Waals surface area contributed by atoms with Gasteiger partial charge >= 0.3 is 0 Å². The third-order valence-corrected chi connectivity index (χ3v) is 30.7. The average molecular weight is 1840 g/mol. The van der Waals surface area contributed by atoms with Crippen molar-refractivity contribution in [1.29, 1.82) is 0 Å². The van der Waals surface area contributed by atoms with Crippen molar-refractivity contribution in [2.24, 2.45) is 0 Å². The molecule has 0 amide bonds. The second-order valence-corrected chi connectivity index (χ2v) is 38.7. The van der Waals surface area contributed by atoms with E-state index in [1.165, 1.54) is 285 Å². The lowest BCUT2D eigenvalue weighted by Crippen LogP contribution is -2.12. The van der Waals surface area contributed by atoms with Crippen molar-refractivity contribution >= 4 is 163 Å². The van der Waals surface area contributed by atoms with Crippen LogP contribution in [0.5, 0.6) is 0 Å². The number of hydrogen-bond acceptors (Lipinski definition) is 0. The summed E-state index contributed by atoms with van der Waals surface area (Å²) in [7, 11) is 0. The molecule has 0 unspecified atom stereocenters. The molecule has 23 aromatic carbocycles. The van der Waals surface area contributed by atoms with E-state index in [2.05, 4.69) is 543 Å². The normalized spacial score (nSPS) is 12.6. The van der Waals surface area contributed by atoms with Crippen molar-refractivity contribution < 1.29 is 0 Å². The highest BCUT2D eigenvalue weighted by atomic mass is 15.0. The molecule has 6 aromatic heterocycles. The first kappa shape index (κ1) is 83.8. The fourth-order valence-corrected chi connectivity index (χ4v) is 24.0. The molecule has 0 saturated heterocycles. The number of rotatable bonds is 12. The maximum absolute atomic E-state index is 2.65. The quantitative estimate of drug-likeness (QED) is 0.109. The number of hydrogen-bond donors (Lipinski definition) is 0. The van der Waals surface area contributed by atoms with Gasteiger partial charge in [0.1, 0.15) is 0 Å². The molecule has 0 N–H and O–H groups in total. The zero-order chi connectivity index (χ0) is 94.8. The van der Waals surface area contributed by atoms with Gasteiger partial charge in [0.15, 0.2) is 0 Å². The number of benzene rings is 23. The molecule has 1 saturated carbocycles. The lowest BCUT2D eigenvalue weighted by Gasteiger charge is -2.25. The van der Waals surface area contributed by atoms with E-state index < -0.39 is 0 Å². The predicted octanol–water partition coefficient (Wildman–Crippen LogP) is 37.6. The molecule has 678 valence electrons. The number of fused-ring (bicyclic) bond motifs is 24. The molecule has 1 aliphatic rings. The molecular formula is C138H96N6. The summed E-state index contributed by atoms with van der Waals surface area (Å²) < 4.78 is 14.7. The van der Waals surface area contributed by atoms with Gasteiger partial charge in [0.2, 0.25) is 0 Å². The van der Waals surface area contributed by atoms with Gasteiger partial charge in [0.25, 0.3) is 0 Å². The molecule has 30 rings (SSSR count). The van der Waals surface area contributed by atoms with Crippen molar-refractivity contribution in [3.05, 3.63) is 516 Å². The standard InChI is InChI=1S/C48H30N2.C48H32N2.C42H34N2/c1-2-12-33(13-3-1)49-45-20-10-8-18-40(45)43-28-31(22-26-47(43)49)32-23-27-48-44(29-32)41-19-9-11-21-46(41)50(48)34-24-25-39-37-16-5-4-14-35(37)36-15-6-7-17-38(36)42(39)30-34;1-4-14-33(15-5-1)37-28-38(34-16-6-2-7-17-34)30-40(29-37)50-46-23-13-11-21-42(46)44-32-36(25-27-48(44)50)35-24-26-47-43(31-35)41-20-10-12-22-45(41)49(47)39-18-8-3-9-19-39;1-3-11-29(12-4-1)30-19-23-34(24-20-30)44-40-18-10-8-16-36(40)38-28-32(22-26-42(38)44)31-21-25-41-37(27-31)35-15-7-9-17-39(35)43(41)33-13-5-2-6-14-33/h1-30H;1-32H;1,3-4,7-12,15-28,33H,2,5-6,13-14H2. The molecule has 0 spiro atoms. The van der Waals surface area contributed by atoms with Crippen molar-refractivity contribution in [3.8, 4) is 95.2 Å². The molecule has 0 radical (unpaired) electrons. The highest BCUT2D eigenvalue weighted by Gasteiger charge is 2.26. The Morgan fingerprint density at radius 3 is 0.694 bits per heavy atom. The Kier molecular flexibility index (Phi) is 20.3. The van der Waals surface area contributed by atoms with Gasteiger partial charge in [-0.25, -0.2) is 0 Å². The molecule has 0 aliphatic heterocycles. The summed E-state index contributed by atoms with van der Waals surface area (Å²) in [6, 6.07) is 189. The van der Waals surface area contributed by atoms with E-state index in [9.17, 15) is 0 Å². The molecule has 29 aromatic rings. The van der Waals surface area contributed by atoms with Crippen LogP contribution in [0.15, 0.2) is 516 Å². The second kappa shape index (κ2) is 34.9. The number of nitrogens with zero attached hydrogens (tertiary/aromatic N) is 6. The Morgan fingerprint density at radius 2 is 0.340 bits per heavy atom. The van der Waals surface area contributed by atoms with E-state index in [1.54, 1.807) is 0 Å². The SMILES string of the molecule is c1ccc(-c2cc(-c3ccccc3)cc(-n3c4ccccc4c4cc(-c5ccc6c(c5)c5ccccc5n6-c5ccccc5)ccc43)c2)cc1.c1ccc(-c2ccc(-n3c4ccccc4c4cc(-c5ccc6c(c5)c5ccccc5n6C5CCCCC5)ccc43)cc2)cc1.c1ccc(-n2c3ccccc3c3cc(-c4ccc5c(c4)c4ccccc4n5-c4ccc5c6ccccc6c6ccccc6c5c4)ccc32)cc1. The smallest absolute Gasteiger partial charge is 0.0541 e. The van der Waals surface area contributed by atoms with Crippen LogP contribution in [-0.4, -0.2) is 27.4 Å². The van der Waals surface area contributed by atoms with Gasteiger partial charge in [-0.2, -0.15) is 0 Å². The van der Waals surface area contributed by atoms with E-state index in [1.807, 2.05) is 0 Å². The van der Waals surface area contributed by atoms with E-state index >= 15 is 0 Å². The minimum atomic E-state index is 0.598. The Balaban J connectivity index is 0.000000105. The topological polar surface area (TPSA) is 29.6 Å². The highest BCUT2D eigenvalue weighted by Crippen LogP contribution is 2.48. The summed E-state index contributed by atoms with van der Waals surface area (Å²) in [5.74, 6) is 0. The van der Waals surface area contributed by atoms with Crippen LogP contribution in [0, 0.1) is 0 Å². The van der Waals surface area contributed by atoms with Crippen LogP contribution in [0.2, 0.25) is 0 Å². The summed E-state index contributed by atoms with van der Waals surface area (Å²) in [5, 5.41) is 23.1.